The Labute approximate surface area is 221 Å². The summed E-state index contributed by atoms with van der Waals surface area (Å²) in [7, 11) is 1.86. The topological polar surface area (TPSA) is 109 Å². The number of ketones is 1. The van der Waals surface area contributed by atoms with Crippen LogP contribution in [-0.4, -0.2) is 45.2 Å². The molecule has 0 radical (unpaired) electrons. The smallest absolute Gasteiger partial charge is 0.148 e. The van der Waals surface area contributed by atoms with Gasteiger partial charge >= 0.3 is 0 Å². The first-order chi connectivity index (χ1) is 17.9. The van der Waals surface area contributed by atoms with Crippen molar-refractivity contribution < 1.29 is 19.2 Å². The van der Waals surface area contributed by atoms with Gasteiger partial charge in [-0.1, -0.05) is 30.1 Å². The number of nitrogens with zero attached hydrogens (tertiary/aromatic N) is 1. The van der Waals surface area contributed by atoms with Crippen LogP contribution in [-0.2, 0) is 19.2 Å². The monoisotopic (exact) mass is 510 g/mol. The maximum absolute atomic E-state index is 11.4. The van der Waals surface area contributed by atoms with Crippen LogP contribution in [0.1, 0.15) is 69.5 Å². The van der Waals surface area contributed by atoms with Gasteiger partial charge in [-0.15, -0.1) is 6.42 Å². The lowest BCUT2D eigenvalue weighted by Crippen LogP contribution is -2.34. The van der Waals surface area contributed by atoms with E-state index in [4.69, 9.17) is 11.3 Å². The standard InChI is InChI=1S/C15H20N2O.C14H22N2O3/c1-3-14-7-9-15(10-8-14)13(2)17-16-11-5-4-6-12-18;1-10-13(14(10)18)12(19-16-3)6-4-5-11(9-17)7-8-15-2/h1,7-10,12-13,16-17H,4-6,11H2,2H3;6,9-11,13,15H,3-5,7-8H2,1-2H3/b;12-6-. The summed E-state index contributed by atoms with van der Waals surface area (Å²) in [6.07, 6.45) is 14.0. The molecule has 8 heteroatoms. The van der Waals surface area contributed by atoms with E-state index in [1.807, 2.05) is 44.3 Å². The Morgan fingerprint density at radius 2 is 1.89 bits per heavy atom. The van der Waals surface area contributed by atoms with Crippen molar-refractivity contribution in [1.29, 1.82) is 0 Å². The predicted octanol–water partition coefficient (Wildman–Crippen LogP) is 3.73. The fraction of sp³-hybridized carbons (Fsp3) is 0.517. The Hall–Kier alpha value is -3.12. The lowest BCUT2D eigenvalue weighted by Gasteiger charge is -2.15. The van der Waals surface area contributed by atoms with Crippen molar-refractivity contribution in [2.75, 3.05) is 20.1 Å². The van der Waals surface area contributed by atoms with Crippen LogP contribution in [0.5, 0.6) is 0 Å². The van der Waals surface area contributed by atoms with Crippen molar-refractivity contribution in [3.8, 4) is 12.3 Å². The molecule has 0 saturated heterocycles. The van der Waals surface area contributed by atoms with Gasteiger partial charge in [-0.2, -0.15) is 0 Å². The first kappa shape index (κ1) is 31.9. The Balaban J connectivity index is 0.000000371. The second kappa shape index (κ2) is 19.1. The molecular formula is C29H42N4O4. The van der Waals surface area contributed by atoms with Crippen LogP contribution in [0.2, 0.25) is 0 Å². The maximum atomic E-state index is 11.4. The van der Waals surface area contributed by atoms with Crippen LogP contribution in [0.15, 0.2) is 41.3 Å². The first-order valence-electron chi connectivity index (χ1n) is 12.9. The minimum Gasteiger partial charge on any atom is -0.362 e. The third-order valence-corrected chi connectivity index (χ3v) is 6.23. The van der Waals surface area contributed by atoms with Gasteiger partial charge in [-0.25, -0.2) is 0 Å². The molecule has 37 heavy (non-hydrogen) atoms. The molecule has 1 aliphatic carbocycles. The minimum atomic E-state index is -0.169. The third kappa shape index (κ3) is 12.6. The molecule has 1 aromatic carbocycles. The highest BCUT2D eigenvalue weighted by Gasteiger charge is 2.49. The second-order valence-corrected chi connectivity index (χ2v) is 9.08. The van der Waals surface area contributed by atoms with Gasteiger partial charge in [0.15, 0.2) is 0 Å². The lowest BCUT2D eigenvalue weighted by molar-refractivity contribution is -0.112. The maximum Gasteiger partial charge on any atom is 0.148 e. The Morgan fingerprint density at radius 3 is 2.43 bits per heavy atom. The number of rotatable bonds is 18. The number of carbonyl (C=O) groups is 3. The molecule has 202 valence electrons. The Morgan fingerprint density at radius 1 is 1.19 bits per heavy atom. The average Bonchev–Trinajstić information content (AvgIpc) is 3.52. The number of terminal acetylenes is 1. The number of carbonyl (C=O) groups excluding carboxylic acids is 3. The number of oxime groups is 1. The van der Waals surface area contributed by atoms with E-state index in [2.05, 4.69) is 40.9 Å². The van der Waals surface area contributed by atoms with E-state index in [1.165, 1.54) is 5.56 Å². The summed E-state index contributed by atoms with van der Waals surface area (Å²) in [6.45, 7) is 8.91. The van der Waals surface area contributed by atoms with Crippen molar-refractivity contribution in [3.05, 3.63) is 47.2 Å². The van der Waals surface area contributed by atoms with Gasteiger partial charge in [-0.3, -0.25) is 15.6 Å². The molecular weight excluding hydrogens is 468 g/mol. The van der Waals surface area contributed by atoms with E-state index >= 15 is 0 Å². The fourth-order valence-corrected chi connectivity index (χ4v) is 3.71. The molecule has 0 aliphatic heterocycles. The van der Waals surface area contributed by atoms with Crippen molar-refractivity contribution in [3.63, 3.8) is 0 Å². The number of hydrogen-bond donors (Lipinski definition) is 3. The van der Waals surface area contributed by atoms with Gasteiger partial charge in [0.2, 0.25) is 0 Å². The number of Topliss-reactive ketones (excluding diaryl/α,β-unsaturated/α-hetero) is 1. The Kier molecular flexibility index (Phi) is 16.4. The van der Waals surface area contributed by atoms with Crippen molar-refractivity contribution in [1.82, 2.24) is 16.2 Å². The van der Waals surface area contributed by atoms with Crippen LogP contribution in [0.3, 0.4) is 0 Å². The molecule has 1 aromatic rings. The number of aldehydes is 2. The van der Waals surface area contributed by atoms with Crippen LogP contribution in [0, 0.1) is 30.1 Å². The van der Waals surface area contributed by atoms with Crippen LogP contribution in [0.25, 0.3) is 0 Å². The van der Waals surface area contributed by atoms with Gasteiger partial charge in [0.05, 0.1) is 5.92 Å². The summed E-state index contributed by atoms with van der Waals surface area (Å²) < 4.78 is 0. The van der Waals surface area contributed by atoms with Gasteiger partial charge < -0.3 is 19.7 Å². The van der Waals surface area contributed by atoms with Crippen LogP contribution >= 0.6 is 0 Å². The van der Waals surface area contributed by atoms with E-state index in [0.29, 0.717) is 18.6 Å². The molecule has 0 heterocycles. The number of unbranched alkanes of at least 4 members (excludes halogenated alkanes) is 2. The van der Waals surface area contributed by atoms with Crippen molar-refractivity contribution in [2.45, 2.75) is 58.4 Å². The van der Waals surface area contributed by atoms with E-state index < -0.39 is 0 Å². The van der Waals surface area contributed by atoms with E-state index in [1.54, 1.807) is 0 Å². The molecule has 0 spiro atoms. The zero-order valence-electron chi connectivity index (χ0n) is 22.4. The van der Waals surface area contributed by atoms with Crippen LogP contribution < -0.4 is 16.2 Å². The molecule has 2 rings (SSSR count). The number of hydrogen-bond acceptors (Lipinski definition) is 8. The van der Waals surface area contributed by atoms with Crippen LogP contribution in [0.4, 0.5) is 0 Å². The first-order valence-corrected chi connectivity index (χ1v) is 12.9. The van der Waals surface area contributed by atoms with E-state index in [-0.39, 0.29) is 29.6 Å². The molecule has 8 nitrogen and oxygen atoms in total. The average molecular weight is 511 g/mol. The SMILES string of the molecule is C#Cc1ccc(C(C)NNCCCCC=O)cc1.C=NO/C(=C\CCC(C=O)CCNC)C1C(=O)C1C. The molecule has 0 aromatic heterocycles. The minimum absolute atomic E-state index is 0.0131. The lowest BCUT2D eigenvalue weighted by atomic mass is 10.0. The van der Waals surface area contributed by atoms with Gasteiger partial charge in [0.1, 0.15) is 24.1 Å². The number of allylic oxidation sites excluding steroid dienone is 2. The molecule has 4 unspecified atom stereocenters. The molecule has 0 amide bonds. The molecule has 1 aliphatic rings. The summed E-state index contributed by atoms with van der Waals surface area (Å²) in [5.41, 5.74) is 8.47. The van der Waals surface area contributed by atoms with Gasteiger partial charge in [0.25, 0.3) is 0 Å². The highest BCUT2D eigenvalue weighted by Crippen LogP contribution is 2.40. The summed E-state index contributed by atoms with van der Waals surface area (Å²) in [5, 5.41) is 6.41. The highest BCUT2D eigenvalue weighted by molar-refractivity contribution is 6.01. The molecule has 1 saturated carbocycles. The largest absolute Gasteiger partial charge is 0.362 e. The summed E-state index contributed by atoms with van der Waals surface area (Å²) in [5.74, 6) is 3.23. The quantitative estimate of drug-likeness (QED) is 0.0689. The van der Waals surface area contributed by atoms with Crippen molar-refractivity contribution in [2.24, 2.45) is 22.9 Å². The number of hydrazine groups is 1. The molecule has 3 N–H and O–H groups in total. The molecule has 0 bridgehead atoms. The number of benzene rings is 1. The zero-order valence-corrected chi connectivity index (χ0v) is 22.4. The van der Waals surface area contributed by atoms with E-state index in [0.717, 1.165) is 56.9 Å². The third-order valence-electron chi connectivity index (χ3n) is 6.23. The second-order valence-electron chi connectivity index (χ2n) is 9.08. The normalized spacial score (nSPS) is 18.0. The Bertz CT molecular complexity index is 907. The predicted molar refractivity (Wildman–Crippen MR) is 148 cm³/mol. The van der Waals surface area contributed by atoms with Gasteiger partial charge in [-0.05, 0) is 76.4 Å². The van der Waals surface area contributed by atoms with E-state index in [9.17, 15) is 14.4 Å². The molecule has 1 fully saturated rings. The fourth-order valence-electron chi connectivity index (χ4n) is 3.71. The van der Waals surface area contributed by atoms with Gasteiger partial charge in [0, 0.05) is 43.1 Å². The summed E-state index contributed by atoms with van der Waals surface area (Å²) >= 11 is 0. The zero-order chi connectivity index (χ0) is 27.5. The summed E-state index contributed by atoms with van der Waals surface area (Å²) in [4.78, 5) is 37.5. The highest BCUT2D eigenvalue weighted by atomic mass is 16.6. The van der Waals surface area contributed by atoms with Crippen molar-refractivity contribution >= 4 is 25.1 Å². The molecule has 4 atom stereocenters. The number of nitrogens with one attached hydrogen (secondary N) is 3. The summed E-state index contributed by atoms with van der Waals surface area (Å²) in [6, 6.07) is 8.17.